The Kier molecular flexibility index (Phi) is 5.19. The zero-order valence-electron chi connectivity index (χ0n) is 15.9. The lowest BCUT2D eigenvalue weighted by Crippen LogP contribution is -2.34. The number of ketones is 1. The van der Waals surface area contributed by atoms with Crippen LogP contribution >= 0.6 is 11.8 Å². The van der Waals surface area contributed by atoms with Gasteiger partial charge in [0.15, 0.2) is 17.3 Å². The molecule has 4 rings (SSSR count). The number of hydrogen-bond acceptors (Lipinski definition) is 6. The van der Waals surface area contributed by atoms with Gasteiger partial charge in [-0.1, -0.05) is 12.1 Å². The van der Waals surface area contributed by atoms with Crippen LogP contribution in [0.2, 0.25) is 0 Å². The van der Waals surface area contributed by atoms with Crippen molar-refractivity contribution in [3.05, 3.63) is 53.7 Å². The van der Waals surface area contributed by atoms with Gasteiger partial charge in [0.05, 0.1) is 32.7 Å². The maximum atomic E-state index is 13.1. The Morgan fingerprint density at radius 3 is 2.50 bits per heavy atom. The Bertz CT molecular complexity index is 992. The molecular formula is C21H22N2O4S. The summed E-state index contributed by atoms with van der Waals surface area (Å²) in [6.45, 7) is 0. The van der Waals surface area contributed by atoms with Crippen LogP contribution in [0.3, 0.4) is 0 Å². The van der Waals surface area contributed by atoms with E-state index in [0.717, 1.165) is 5.52 Å². The molecular weight excluding hydrogens is 376 g/mol. The third-order valence-corrected chi connectivity index (χ3v) is 6.21. The normalized spacial score (nSPS) is 19.0. The van der Waals surface area contributed by atoms with E-state index in [2.05, 4.69) is 28.5 Å². The summed E-state index contributed by atoms with van der Waals surface area (Å²) < 4.78 is 16.1. The van der Waals surface area contributed by atoms with Gasteiger partial charge in [0.1, 0.15) is 0 Å². The standard InChI is InChI=1S/C21H22N2O4S/c1-25-17-9-12(10-18(26-2)20(17)27-3)19(24)16-11-28-21(23-16)14-5-4-6-15-13(14)7-8-22-15/h4-10,16,21-23H,11H2,1-3H3. The summed E-state index contributed by atoms with van der Waals surface area (Å²) in [5.41, 5.74) is 2.82. The maximum Gasteiger partial charge on any atom is 0.203 e. The van der Waals surface area contributed by atoms with E-state index in [-0.39, 0.29) is 17.2 Å². The van der Waals surface area contributed by atoms with Crippen LogP contribution in [0.25, 0.3) is 10.9 Å². The largest absolute Gasteiger partial charge is 0.493 e. The Balaban J connectivity index is 1.59. The van der Waals surface area contributed by atoms with Crippen LogP contribution in [0.15, 0.2) is 42.6 Å². The molecule has 1 aliphatic rings. The molecule has 1 saturated heterocycles. The summed E-state index contributed by atoms with van der Waals surface area (Å²) in [6.07, 6.45) is 1.94. The van der Waals surface area contributed by atoms with Crippen LogP contribution in [0.5, 0.6) is 17.2 Å². The summed E-state index contributed by atoms with van der Waals surface area (Å²) in [7, 11) is 4.63. The predicted molar refractivity (Wildman–Crippen MR) is 111 cm³/mol. The number of carbonyl (C=O) groups excluding carboxylic acids is 1. The summed E-state index contributed by atoms with van der Waals surface area (Å²) in [4.78, 5) is 16.4. The van der Waals surface area contributed by atoms with Crippen molar-refractivity contribution in [3.8, 4) is 17.2 Å². The molecule has 2 unspecified atom stereocenters. The Labute approximate surface area is 167 Å². The highest BCUT2D eigenvalue weighted by Gasteiger charge is 2.32. The predicted octanol–water partition coefficient (Wildman–Crippen LogP) is 3.78. The zero-order chi connectivity index (χ0) is 19.7. The summed E-state index contributed by atoms with van der Waals surface area (Å²) >= 11 is 1.74. The van der Waals surface area contributed by atoms with Crippen molar-refractivity contribution < 1.29 is 19.0 Å². The molecule has 2 N–H and O–H groups in total. The highest BCUT2D eigenvalue weighted by atomic mass is 32.2. The molecule has 146 valence electrons. The maximum absolute atomic E-state index is 13.1. The molecule has 28 heavy (non-hydrogen) atoms. The van der Waals surface area contributed by atoms with Gasteiger partial charge >= 0.3 is 0 Å². The van der Waals surface area contributed by atoms with Crippen LogP contribution < -0.4 is 19.5 Å². The first-order valence-electron chi connectivity index (χ1n) is 8.94. The van der Waals surface area contributed by atoms with E-state index in [1.165, 1.54) is 10.9 Å². The fourth-order valence-electron chi connectivity index (χ4n) is 3.57. The van der Waals surface area contributed by atoms with Crippen molar-refractivity contribution in [1.82, 2.24) is 10.3 Å². The fraction of sp³-hybridized carbons (Fsp3) is 0.286. The fourth-order valence-corrected chi connectivity index (χ4v) is 4.84. The molecule has 0 spiro atoms. The second kappa shape index (κ2) is 7.77. The van der Waals surface area contributed by atoms with Crippen molar-refractivity contribution in [3.63, 3.8) is 0 Å². The van der Waals surface area contributed by atoms with Gasteiger partial charge in [0.2, 0.25) is 5.75 Å². The minimum absolute atomic E-state index is 0.00972. The van der Waals surface area contributed by atoms with Crippen LogP contribution in [0.1, 0.15) is 21.3 Å². The number of nitrogens with one attached hydrogen (secondary N) is 2. The number of benzene rings is 2. The van der Waals surface area contributed by atoms with Crippen LogP contribution in [-0.4, -0.2) is 43.9 Å². The zero-order valence-corrected chi connectivity index (χ0v) is 16.8. The second-order valence-corrected chi connectivity index (χ2v) is 7.64. The Morgan fingerprint density at radius 1 is 1.07 bits per heavy atom. The van der Waals surface area contributed by atoms with Crippen molar-refractivity contribution in [2.75, 3.05) is 27.1 Å². The number of rotatable bonds is 6. The van der Waals surface area contributed by atoms with Crippen molar-refractivity contribution in [2.45, 2.75) is 11.4 Å². The SMILES string of the molecule is COc1cc(C(=O)C2CSC(c3cccc4[nH]ccc34)N2)cc(OC)c1OC. The minimum atomic E-state index is -0.285. The van der Waals surface area contributed by atoms with Gasteiger partial charge in [-0.25, -0.2) is 0 Å². The molecule has 2 atom stereocenters. The first-order chi connectivity index (χ1) is 13.7. The quantitative estimate of drug-likeness (QED) is 0.616. The minimum Gasteiger partial charge on any atom is -0.493 e. The van der Waals surface area contributed by atoms with Gasteiger partial charge in [-0.05, 0) is 29.8 Å². The molecule has 0 bridgehead atoms. The summed E-state index contributed by atoms with van der Waals surface area (Å²) in [6, 6.07) is 11.4. The molecule has 0 radical (unpaired) electrons. The van der Waals surface area contributed by atoms with E-state index in [0.29, 0.717) is 28.6 Å². The van der Waals surface area contributed by atoms with E-state index in [9.17, 15) is 4.79 Å². The van der Waals surface area contributed by atoms with Gasteiger partial charge < -0.3 is 19.2 Å². The smallest absolute Gasteiger partial charge is 0.203 e. The van der Waals surface area contributed by atoms with Crippen LogP contribution in [-0.2, 0) is 0 Å². The molecule has 1 fully saturated rings. The number of Topliss-reactive ketones (excluding diaryl/α,β-unsaturated/α-hetero) is 1. The molecule has 0 aliphatic carbocycles. The summed E-state index contributed by atoms with van der Waals surface area (Å²) in [5, 5.41) is 4.72. The third-order valence-electron chi connectivity index (χ3n) is 4.96. The number of ether oxygens (including phenoxy) is 3. The van der Waals surface area contributed by atoms with Gasteiger partial charge in [0, 0.05) is 28.4 Å². The molecule has 3 aromatic rings. The average Bonchev–Trinajstić information content (AvgIpc) is 3.41. The Hall–Kier alpha value is -2.64. The highest BCUT2D eigenvalue weighted by molar-refractivity contribution is 7.99. The van der Waals surface area contributed by atoms with Gasteiger partial charge in [-0.2, -0.15) is 0 Å². The van der Waals surface area contributed by atoms with E-state index in [1.807, 2.05) is 12.3 Å². The number of carbonyl (C=O) groups is 1. The lowest BCUT2D eigenvalue weighted by atomic mass is 10.0. The van der Waals surface area contributed by atoms with Crippen molar-refractivity contribution in [2.24, 2.45) is 0 Å². The van der Waals surface area contributed by atoms with Gasteiger partial charge in [-0.3, -0.25) is 10.1 Å². The molecule has 2 aromatic carbocycles. The number of thioether (sulfide) groups is 1. The van der Waals surface area contributed by atoms with Crippen LogP contribution in [0.4, 0.5) is 0 Å². The molecule has 7 heteroatoms. The monoisotopic (exact) mass is 398 g/mol. The molecule has 6 nitrogen and oxygen atoms in total. The summed E-state index contributed by atoms with van der Waals surface area (Å²) in [5.74, 6) is 2.14. The molecule has 1 aliphatic heterocycles. The second-order valence-electron chi connectivity index (χ2n) is 6.50. The van der Waals surface area contributed by atoms with E-state index >= 15 is 0 Å². The first kappa shape index (κ1) is 18.7. The van der Waals surface area contributed by atoms with Crippen molar-refractivity contribution in [1.29, 1.82) is 0 Å². The topological polar surface area (TPSA) is 72.6 Å². The van der Waals surface area contributed by atoms with E-state index in [1.54, 1.807) is 45.2 Å². The van der Waals surface area contributed by atoms with Crippen LogP contribution in [0, 0.1) is 0 Å². The number of aromatic nitrogens is 1. The average molecular weight is 398 g/mol. The van der Waals surface area contributed by atoms with Gasteiger partial charge in [0.25, 0.3) is 0 Å². The van der Waals surface area contributed by atoms with E-state index < -0.39 is 0 Å². The highest BCUT2D eigenvalue weighted by Crippen LogP contribution is 2.40. The lowest BCUT2D eigenvalue weighted by molar-refractivity contribution is 0.0955. The van der Waals surface area contributed by atoms with E-state index in [4.69, 9.17) is 14.2 Å². The number of aromatic amines is 1. The number of fused-ring (bicyclic) bond motifs is 1. The number of hydrogen-bond donors (Lipinski definition) is 2. The number of H-pyrrole nitrogens is 1. The van der Waals surface area contributed by atoms with Crippen molar-refractivity contribution >= 4 is 28.4 Å². The lowest BCUT2D eigenvalue weighted by Gasteiger charge is -2.16. The molecule has 1 aromatic heterocycles. The Morgan fingerprint density at radius 2 is 1.82 bits per heavy atom. The molecule has 0 saturated carbocycles. The third kappa shape index (κ3) is 3.21. The first-order valence-corrected chi connectivity index (χ1v) is 9.99. The number of methoxy groups -OCH3 is 3. The molecule has 0 amide bonds. The van der Waals surface area contributed by atoms with Gasteiger partial charge in [-0.15, -0.1) is 11.8 Å². The molecule has 2 heterocycles.